The largest absolute Gasteiger partial charge is 0.312 e. The van der Waals surface area contributed by atoms with Crippen LogP contribution in [0.3, 0.4) is 0 Å². The van der Waals surface area contributed by atoms with E-state index in [1.54, 1.807) is 0 Å². The predicted octanol–water partition coefficient (Wildman–Crippen LogP) is 3.40. The van der Waals surface area contributed by atoms with E-state index in [0.717, 1.165) is 36.0 Å². The third-order valence-corrected chi connectivity index (χ3v) is 3.54. The molecule has 1 heterocycles. The molecule has 86 valence electrons. The maximum atomic E-state index is 11.8. The van der Waals surface area contributed by atoms with E-state index < -0.39 is 0 Å². The summed E-state index contributed by atoms with van der Waals surface area (Å²) in [6.45, 7) is 0.789. The lowest BCUT2D eigenvalue weighted by Gasteiger charge is -2.17. The molecule has 1 amide bonds. The number of fused-ring (bicyclic) bond motifs is 1. The van der Waals surface area contributed by atoms with Crippen molar-refractivity contribution in [1.29, 1.82) is 0 Å². The molecule has 1 aliphatic heterocycles. The third-order valence-electron chi connectivity index (χ3n) is 2.75. The van der Waals surface area contributed by atoms with E-state index in [1.165, 1.54) is 0 Å². The van der Waals surface area contributed by atoms with Crippen molar-refractivity contribution in [3.05, 3.63) is 28.8 Å². The van der Waals surface area contributed by atoms with Crippen molar-refractivity contribution in [2.45, 2.75) is 19.3 Å². The van der Waals surface area contributed by atoms with Gasteiger partial charge in [-0.25, -0.2) is 0 Å². The van der Waals surface area contributed by atoms with Gasteiger partial charge in [0.05, 0.1) is 6.42 Å². The predicted molar refractivity (Wildman–Crippen MR) is 70.5 cm³/mol. The number of rotatable bonds is 4. The zero-order valence-corrected chi connectivity index (χ0v) is 11.2. The summed E-state index contributed by atoms with van der Waals surface area (Å²) in [6, 6.07) is 5.67. The summed E-state index contributed by atoms with van der Waals surface area (Å²) < 4.78 is 0. The minimum Gasteiger partial charge on any atom is -0.312 e. The Hall–Kier alpha value is -0.540. The van der Waals surface area contributed by atoms with Gasteiger partial charge < -0.3 is 4.90 Å². The fourth-order valence-electron chi connectivity index (χ4n) is 1.94. The summed E-state index contributed by atoms with van der Waals surface area (Å²) in [6.07, 6.45) is 2.61. The molecule has 0 unspecified atom stereocenters. The van der Waals surface area contributed by atoms with Crippen LogP contribution in [0, 0.1) is 0 Å². The van der Waals surface area contributed by atoms with Crippen molar-refractivity contribution >= 4 is 39.1 Å². The molecule has 1 aromatic carbocycles. The van der Waals surface area contributed by atoms with Gasteiger partial charge in [-0.1, -0.05) is 33.6 Å². The summed E-state index contributed by atoms with van der Waals surface area (Å²) in [5.74, 6) is 0.187. The molecule has 4 heteroatoms. The monoisotopic (exact) mass is 301 g/mol. The molecule has 2 nitrogen and oxygen atoms in total. The van der Waals surface area contributed by atoms with Gasteiger partial charge in [-0.05, 0) is 30.5 Å². The number of hydrogen-bond acceptors (Lipinski definition) is 1. The molecular weight excluding hydrogens is 289 g/mol. The van der Waals surface area contributed by atoms with Crippen LogP contribution in [0.2, 0.25) is 5.02 Å². The Morgan fingerprint density at radius 2 is 2.19 bits per heavy atom. The summed E-state index contributed by atoms with van der Waals surface area (Å²) in [7, 11) is 0. The van der Waals surface area contributed by atoms with Crippen LogP contribution in [0.25, 0.3) is 0 Å². The number of hydrogen-bond donors (Lipinski definition) is 0. The summed E-state index contributed by atoms with van der Waals surface area (Å²) in [5, 5.41) is 1.68. The van der Waals surface area contributed by atoms with Crippen molar-refractivity contribution < 1.29 is 4.79 Å². The highest BCUT2D eigenvalue weighted by atomic mass is 79.9. The molecule has 0 fully saturated rings. The number of anilines is 1. The second-order valence-electron chi connectivity index (χ2n) is 3.89. The van der Waals surface area contributed by atoms with E-state index >= 15 is 0 Å². The molecule has 0 atom stereocenters. The molecule has 16 heavy (non-hydrogen) atoms. The van der Waals surface area contributed by atoms with Gasteiger partial charge in [0.1, 0.15) is 0 Å². The first-order valence-corrected chi connectivity index (χ1v) is 6.87. The minimum absolute atomic E-state index is 0.187. The first kappa shape index (κ1) is 11.9. The van der Waals surface area contributed by atoms with Gasteiger partial charge in [0.25, 0.3) is 0 Å². The van der Waals surface area contributed by atoms with Crippen molar-refractivity contribution in [3.63, 3.8) is 0 Å². The number of alkyl halides is 1. The fourth-order valence-corrected chi connectivity index (χ4v) is 2.50. The molecule has 0 radical (unpaired) electrons. The Kier molecular flexibility index (Phi) is 3.87. The normalized spacial score (nSPS) is 14.4. The molecule has 0 spiro atoms. The SMILES string of the molecule is O=C1Cc2ccc(Cl)cc2N1CCCCBr. The molecule has 1 aliphatic rings. The second kappa shape index (κ2) is 5.19. The van der Waals surface area contributed by atoms with Crippen LogP contribution < -0.4 is 4.90 Å². The molecule has 0 N–H and O–H groups in total. The van der Waals surface area contributed by atoms with Crippen molar-refractivity contribution in [2.75, 3.05) is 16.8 Å². The number of benzene rings is 1. The molecule has 1 aromatic rings. The number of carbonyl (C=O) groups is 1. The molecule has 0 saturated heterocycles. The van der Waals surface area contributed by atoms with Gasteiger partial charge in [-0.2, -0.15) is 0 Å². The van der Waals surface area contributed by atoms with Gasteiger partial charge in [-0.15, -0.1) is 0 Å². The van der Waals surface area contributed by atoms with E-state index in [0.29, 0.717) is 11.4 Å². The Bertz CT molecular complexity index is 408. The lowest BCUT2D eigenvalue weighted by Crippen LogP contribution is -2.27. The second-order valence-corrected chi connectivity index (χ2v) is 5.12. The van der Waals surface area contributed by atoms with Crippen LogP contribution in [0.1, 0.15) is 18.4 Å². The minimum atomic E-state index is 0.187. The van der Waals surface area contributed by atoms with Crippen molar-refractivity contribution in [1.82, 2.24) is 0 Å². The Labute approximate surface area is 109 Å². The maximum absolute atomic E-state index is 11.8. The Balaban J connectivity index is 2.15. The van der Waals surface area contributed by atoms with Crippen LogP contribution in [-0.2, 0) is 11.2 Å². The van der Waals surface area contributed by atoms with Gasteiger partial charge in [-0.3, -0.25) is 4.79 Å². The fraction of sp³-hybridized carbons (Fsp3) is 0.417. The highest BCUT2D eigenvalue weighted by Gasteiger charge is 2.26. The molecular formula is C12H13BrClNO. The summed E-state index contributed by atoms with van der Waals surface area (Å²) >= 11 is 9.35. The van der Waals surface area contributed by atoms with Gasteiger partial charge in [0, 0.05) is 22.6 Å². The average molecular weight is 303 g/mol. The molecule has 0 bridgehead atoms. The van der Waals surface area contributed by atoms with Crippen LogP contribution in [0.4, 0.5) is 5.69 Å². The van der Waals surface area contributed by atoms with E-state index in [2.05, 4.69) is 15.9 Å². The van der Waals surface area contributed by atoms with Crippen LogP contribution >= 0.6 is 27.5 Å². The van der Waals surface area contributed by atoms with Crippen LogP contribution in [-0.4, -0.2) is 17.8 Å². The molecule has 0 saturated carbocycles. The molecule has 2 rings (SSSR count). The number of unbranched alkanes of at least 4 members (excludes halogenated alkanes) is 1. The number of halogens is 2. The Morgan fingerprint density at radius 1 is 1.38 bits per heavy atom. The first-order valence-electron chi connectivity index (χ1n) is 5.37. The van der Waals surface area contributed by atoms with E-state index in [1.807, 2.05) is 23.1 Å². The summed E-state index contributed by atoms with van der Waals surface area (Å²) in [4.78, 5) is 13.7. The van der Waals surface area contributed by atoms with E-state index in [9.17, 15) is 4.79 Å². The van der Waals surface area contributed by atoms with Gasteiger partial charge >= 0.3 is 0 Å². The quantitative estimate of drug-likeness (QED) is 0.616. The number of amides is 1. The number of carbonyl (C=O) groups excluding carboxylic acids is 1. The van der Waals surface area contributed by atoms with Gasteiger partial charge in [0.2, 0.25) is 5.91 Å². The lowest BCUT2D eigenvalue weighted by molar-refractivity contribution is -0.117. The zero-order valence-electron chi connectivity index (χ0n) is 8.88. The van der Waals surface area contributed by atoms with Crippen molar-refractivity contribution in [2.24, 2.45) is 0 Å². The standard InChI is InChI=1S/C12H13BrClNO/c13-5-1-2-6-15-11-8-10(14)4-3-9(11)7-12(15)16/h3-4,8H,1-2,5-7H2. The van der Waals surface area contributed by atoms with E-state index in [-0.39, 0.29) is 5.91 Å². The van der Waals surface area contributed by atoms with Crippen LogP contribution in [0.5, 0.6) is 0 Å². The smallest absolute Gasteiger partial charge is 0.231 e. The average Bonchev–Trinajstić information content (AvgIpc) is 2.56. The van der Waals surface area contributed by atoms with E-state index in [4.69, 9.17) is 11.6 Å². The van der Waals surface area contributed by atoms with Crippen LogP contribution in [0.15, 0.2) is 18.2 Å². The highest BCUT2D eigenvalue weighted by Crippen LogP contribution is 2.31. The topological polar surface area (TPSA) is 20.3 Å². The number of nitrogens with zero attached hydrogens (tertiary/aromatic N) is 1. The molecule has 0 aromatic heterocycles. The molecule has 0 aliphatic carbocycles. The maximum Gasteiger partial charge on any atom is 0.231 e. The third kappa shape index (κ3) is 2.41. The zero-order chi connectivity index (χ0) is 11.5. The lowest BCUT2D eigenvalue weighted by atomic mass is 10.2. The first-order chi connectivity index (χ1) is 7.72. The summed E-state index contributed by atoms with van der Waals surface area (Å²) in [5.41, 5.74) is 2.08. The Morgan fingerprint density at radius 3 is 2.94 bits per heavy atom. The van der Waals surface area contributed by atoms with Gasteiger partial charge in [0.15, 0.2) is 0 Å². The van der Waals surface area contributed by atoms with Crippen molar-refractivity contribution in [3.8, 4) is 0 Å². The highest BCUT2D eigenvalue weighted by molar-refractivity contribution is 9.09.